The Bertz CT molecular complexity index is 863. The lowest BCUT2D eigenvalue weighted by Crippen LogP contribution is -2.28. The number of carbonyl (C=O) groups is 2. The van der Waals surface area contributed by atoms with Gasteiger partial charge in [-0.2, -0.15) is 0 Å². The van der Waals surface area contributed by atoms with Crippen molar-refractivity contribution in [3.05, 3.63) is 45.8 Å². The average molecular weight is 409 g/mol. The lowest BCUT2D eigenvalue weighted by atomic mass is 10.1. The van der Waals surface area contributed by atoms with Crippen LogP contribution in [0.4, 0.5) is 5.00 Å². The number of rotatable bonds is 6. The number of para-hydroxylation sites is 1. The summed E-state index contributed by atoms with van der Waals surface area (Å²) in [5, 5.41) is 6.73. The number of benzene rings is 1. The normalized spacial score (nSPS) is 10.1. The Morgan fingerprint density at radius 1 is 1.11 bits per heavy atom. The Morgan fingerprint density at radius 2 is 1.78 bits per heavy atom. The van der Waals surface area contributed by atoms with E-state index in [9.17, 15) is 9.59 Å². The first-order valence-electron chi connectivity index (χ1n) is 7.89. The molecular formula is C18H20N2O5S2. The summed E-state index contributed by atoms with van der Waals surface area (Å²) in [6, 6.07) is 7.55. The highest BCUT2D eigenvalue weighted by molar-refractivity contribution is 7.80. The van der Waals surface area contributed by atoms with Crippen molar-refractivity contribution in [2.75, 3.05) is 26.6 Å². The van der Waals surface area contributed by atoms with Crippen LogP contribution in [0.15, 0.2) is 24.3 Å². The van der Waals surface area contributed by atoms with Crippen LogP contribution in [0.2, 0.25) is 0 Å². The van der Waals surface area contributed by atoms with E-state index in [2.05, 4.69) is 10.6 Å². The summed E-state index contributed by atoms with van der Waals surface area (Å²) >= 11 is 6.40. The minimum absolute atomic E-state index is 0.254. The number of ether oxygens (including phenoxy) is 3. The summed E-state index contributed by atoms with van der Waals surface area (Å²) in [6.07, 6.45) is 0. The standard InChI is InChI=1S/C18H20N2O5S2/c1-10-13(16(21)24-3)15(27-14(10)17(22)25-4)20-18(26)19-9-11-7-5-6-8-12(11)23-2/h5-8H,9H2,1-4H3,(H2,19,20,26). The van der Waals surface area contributed by atoms with Crippen LogP contribution in [-0.4, -0.2) is 38.4 Å². The predicted octanol–water partition coefficient (Wildman–Crippen LogP) is 3.12. The number of hydrogen-bond donors (Lipinski definition) is 2. The molecule has 1 aromatic heterocycles. The molecule has 2 N–H and O–H groups in total. The first-order valence-corrected chi connectivity index (χ1v) is 9.12. The number of hydrogen-bond acceptors (Lipinski definition) is 7. The average Bonchev–Trinajstić information content (AvgIpc) is 3.01. The van der Waals surface area contributed by atoms with Crippen LogP contribution in [0, 0.1) is 6.92 Å². The molecule has 2 rings (SSSR count). The smallest absolute Gasteiger partial charge is 0.348 e. The summed E-state index contributed by atoms with van der Waals surface area (Å²) in [5.41, 5.74) is 1.66. The molecule has 2 aromatic rings. The topological polar surface area (TPSA) is 85.9 Å². The molecule has 1 aromatic carbocycles. The summed E-state index contributed by atoms with van der Waals surface area (Å²) in [5.74, 6) is -0.347. The molecule has 0 fully saturated rings. The van der Waals surface area contributed by atoms with Crippen LogP contribution in [-0.2, 0) is 16.0 Å². The van der Waals surface area contributed by atoms with E-state index in [0.29, 0.717) is 27.1 Å². The third-order valence-corrected chi connectivity index (χ3v) is 5.20. The van der Waals surface area contributed by atoms with Crippen molar-refractivity contribution in [3.8, 4) is 5.75 Å². The Hall–Kier alpha value is -2.65. The highest BCUT2D eigenvalue weighted by Gasteiger charge is 2.26. The molecule has 0 aliphatic heterocycles. The van der Waals surface area contributed by atoms with Crippen molar-refractivity contribution >= 4 is 45.6 Å². The van der Waals surface area contributed by atoms with E-state index in [1.807, 2.05) is 24.3 Å². The Morgan fingerprint density at radius 3 is 2.41 bits per heavy atom. The SMILES string of the molecule is COC(=O)c1sc(NC(=S)NCc2ccccc2OC)c(C(=O)OC)c1C. The zero-order valence-electron chi connectivity index (χ0n) is 15.4. The monoisotopic (exact) mass is 408 g/mol. The fourth-order valence-corrected chi connectivity index (χ4v) is 3.76. The van der Waals surface area contributed by atoms with Gasteiger partial charge >= 0.3 is 11.9 Å². The second kappa shape index (κ2) is 9.33. The summed E-state index contributed by atoms with van der Waals surface area (Å²) in [4.78, 5) is 24.4. The Balaban J connectivity index is 2.19. The van der Waals surface area contributed by atoms with Gasteiger partial charge in [-0.1, -0.05) is 18.2 Å². The number of carbonyl (C=O) groups excluding carboxylic acids is 2. The van der Waals surface area contributed by atoms with E-state index in [0.717, 1.165) is 22.6 Å². The van der Waals surface area contributed by atoms with E-state index in [1.54, 1.807) is 14.0 Å². The van der Waals surface area contributed by atoms with Crippen molar-refractivity contribution in [1.29, 1.82) is 0 Å². The number of nitrogens with one attached hydrogen (secondary N) is 2. The van der Waals surface area contributed by atoms with Crippen LogP contribution >= 0.6 is 23.6 Å². The lowest BCUT2D eigenvalue weighted by Gasteiger charge is -2.12. The summed E-state index contributed by atoms with van der Waals surface area (Å²) in [7, 11) is 4.16. The molecule has 0 amide bonds. The number of methoxy groups -OCH3 is 3. The summed E-state index contributed by atoms with van der Waals surface area (Å²) < 4.78 is 14.9. The molecule has 9 heteroatoms. The maximum Gasteiger partial charge on any atom is 0.348 e. The van der Waals surface area contributed by atoms with E-state index in [-0.39, 0.29) is 5.56 Å². The van der Waals surface area contributed by atoms with E-state index in [1.165, 1.54) is 14.2 Å². The summed E-state index contributed by atoms with van der Waals surface area (Å²) in [6.45, 7) is 2.09. The molecule has 0 aliphatic carbocycles. The molecule has 27 heavy (non-hydrogen) atoms. The minimum Gasteiger partial charge on any atom is -0.496 e. The van der Waals surface area contributed by atoms with Gasteiger partial charge in [0.05, 0.1) is 26.9 Å². The maximum absolute atomic E-state index is 12.1. The highest BCUT2D eigenvalue weighted by Crippen LogP contribution is 2.34. The van der Waals surface area contributed by atoms with Crippen LogP contribution in [0.5, 0.6) is 5.75 Å². The van der Waals surface area contributed by atoms with Gasteiger partial charge in [0.2, 0.25) is 0 Å². The van der Waals surface area contributed by atoms with E-state index >= 15 is 0 Å². The molecule has 0 bridgehead atoms. The second-order valence-corrected chi connectivity index (χ2v) is 6.79. The van der Waals surface area contributed by atoms with E-state index < -0.39 is 11.9 Å². The molecule has 0 spiro atoms. The van der Waals surface area contributed by atoms with Gasteiger partial charge < -0.3 is 24.8 Å². The zero-order chi connectivity index (χ0) is 20.0. The quantitative estimate of drug-likeness (QED) is 0.557. The van der Waals surface area contributed by atoms with Crippen LogP contribution in [0.3, 0.4) is 0 Å². The van der Waals surface area contributed by atoms with Crippen molar-refractivity contribution < 1.29 is 23.8 Å². The molecule has 1 heterocycles. The predicted molar refractivity (Wildman–Crippen MR) is 108 cm³/mol. The van der Waals surface area contributed by atoms with Gasteiger partial charge in [-0.15, -0.1) is 11.3 Å². The second-order valence-electron chi connectivity index (χ2n) is 5.36. The molecule has 0 radical (unpaired) electrons. The number of thiocarbonyl (C=S) groups is 1. The molecular weight excluding hydrogens is 388 g/mol. The third-order valence-electron chi connectivity index (χ3n) is 3.77. The Kier molecular flexibility index (Phi) is 7.14. The fraction of sp³-hybridized carbons (Fsp3) is 0.278. The molecule has 0 atom stereocenters. The molecule has 0 saturated carbocycles. The van der Waals surface area contributed by atoms with Crippen molar-refractivity contribution in [2.24, 2.45) is 0 Å². The van der Waals surface area contributed by atoms with Gasteiger partial charge in [0.1, 0.15) is 15.6 Å². The van der Waals surface area contributed by atoms with Crippen LogP contribution < -0.4 is 15.4 Å². The molecule has 0 aliphatic rings. The van der Waals surface area contributed by atoms with Gasteiger partial charge in [0, 0.05) is 12.1 Å². The van der Waals surface area contributed by atoms with Gasteiger partial charge in [-0.3, -0.25) is 0 Å². The highest BCUT2D eigenvalue weighted by atomic mass is 32.1. The third kappa shape index (κ3) is 4.75. The van der Waals surface area contributed by atoms with Crippen molar-refractivity contribution in [2.45, 2.75) is 13.5 Å². The molecule has 0 saturated heterocycles. The van der Waals surface area contributed by atoms with Gasteiger partial charge in [-0.25, -0.2) is 9.59 Å². The fourth-order valence-electron chi connectivity index (χ4n) is 2.41. The van der Waals surface area contributed by atoms with Gasteiger partial charge in [0.15, 0.2) is 5.11 Å². The Labute approximate surface area is 166 Å². The lowest BCUT2D eigenvalue weighted by molar-refractivity contribution is 0.0601. The van der Waals surface area contributed by atoms with Crippen molar-refractivity contribution in [1.82, 2.24) is 5.32 Å². The number of thiophene rings is 1. The first kappa shape index (κ1) is 20.7. The van der Waals surface area contributed by atoms with Gasteiger partial charge in [-0.05, 0) is 30.8 Å². The van der Waals surface area contributed by atoms with Crippen molar-refractivity contribution in [3.63, 3.8) is 0 Å². The van der Waals surface area contributed by atoms with Crippen LogP contribution in [0.25, 0.3) is 0 Å². The first-order chi connectivity index (χ1) is 12.9. The number of esters is 2. The van der Waals surface area contributed by atoms with Gasteiger partial charge in [0.25, 0.3) is 0 Å². The van der Waals surface area contributed by atoms with Crippen LogP contribution in [0.1, 0.15) is 31.2 Å². The van der Waals surface area contributed by atoms with E-state index in [4.69, 9.17) is 26.4 Å². The minimum atomic E-state index is -0.561. The molecule has 7 nitrogen and oxygen atoms in total. The molecule has 0 unspecified atom stereocenters. The number of anilines is 1. The maximum atomic E-state index is 12.1. The largest absolute Gasteiger partial charge is 0.496 e. The zero-order valence-corrected chi connectivity index (χ0v) is 17.0. The molecule has 144 valence electrons.